The van der Waals surface area contributed by atoms with Gasteiger partial charge in [-0.2, -0.15) is 0 Å². The first-order chi connectivity index (χ1) is 12.0. The number of nitrogens with zero attached hydrogens (tertiary/aromatic N) is 1. The van der Waals surface area contributed by atoms with E-state index in [1.165, 1.54) is 5.56 Å². The Balaban J connectivity index is 1.80. The molecule has 0 amide bonds. The van der Waals surface area contributed by atoms with E-state index in [9.17, 15) is 8.42 Å². The first-order valence-corrected chi connectivity index (χ1v) is 10.3. The number of aryl methyl sites for hydroxylation is 1. The van der Waals surface area contributed by atoms with Gasteiger partial charge in [-0.15, -0.1) is 0 Å². The summed E-state index contributed by atoms with van der Waals surface area (Å²) in [4.78, 5) is 2.55. The molecule has 4 nitrogen and oxygen atoms in total. The van der Waals surface area contributed by atoms with Gasteiger partial charge in [0.2, 0.25) is 10.0 Å². The number of nitrogens with one attached hydrogen (secondary N) is 1. The van der Waals surface area contributed by atoms with Gasteiger partial charge in [0.1, 0.15) is 0 Å². The summed E-state index contributed by atoms with van der Waals surface area (Å²) in [5.74, 6) is 0. The summed E-state index contributed by atoms with van der Waals surface area (Å²) >= 11 is 0. The van der Waals surface area contributed by atoms with Crippen LogP contribution in [-0.4, -0.2) is 27.5 Å². The molecule has 3 rings (SSSR count). The van der Waals surface area contributed by atoms with Gasteiger partial charge in [-0.25, -0.2) is 13.1 Å². The highest BCUT2D eigenvalue weighted by molar-refractivity contribution is 7.89. The minimum absolute atomic E-state index is 0.0785. The minimum atomic E-state index is -3.49. The van der Waals surface area contributed by atoms with Crippen LogP contribution in [0, 0.1) is 6.92 Å². The maximum atomic E-state index is 12.7. The van der Waals surface area contributed by atoms with Crippen molar-refractivity contribution in [1.82, 2.24) is 4.72 Å². The standard InChI is InChI=1S/C20H26N2O2S/c1-16-12-14-17(15-13-16)22(2)20-11-7-6-10-19(20)21-25(23,24)18-8-4-3-5-9-18/h3-5,8-9,12-15,19-21H,6-7,10-11H2,1-2H3/t19-,20-/m0/s1. The second kappa shape index (κ2) is 7.58. The predicted octanol–water partition coefficient (Wildman–Crippen LogP) is 3.72. The van der Waals surface area contributed by atoms with Gasteiger partial charge in [0.25, 0.3) is 0 Å². The van der Waals surface area contributed by atoms with Gasteiger partial charge in [-0.05, 0) is 44.0 Å². The lowest BCUT2D eigenvalue weighted by molar-refractivity contribution is 0.351. The summed E-state index contributed by atoms with van der Waals surface area (Å²) in [5, 5.41) is 0. The number of anilines is 1. The van der Waals surface area contributed by atoms with Crippen LogP contribution in [0.1, 0.15) is 31.2 Å². The topological polar surface area (TPSA) is 49.4 Å². The van der Waals surface area contributed by atoms with Crippen molar-refractivity contribution in [2.24, 2.45) is 0 Å². The molecule has 2 aromatic carbocycles. The van der Waals surface area contributed by atoms with Crippen molar-refractivity contribution in [3.05, 3.63) is 60.2 Å². The highest BCUT2D eigenvalue weighted by Crippen LogP contribution is 2.28. The van der Waals surface area contributed by atoms with Crippen molar-refractivity contribution in [1.29, 1.82) is 0 Å². The zero-order chi connectivity index (χ0) is 17.9. The fourth-order valence-corrected chi connectivity index (χ4v) is 4.88. The molecule has 1 aliphatic carbocycles. The van der Waals surface area contributed by atoms with Gasteiger partial charge >= 0.3 is 0 Å². The van der Waals surface area contributed by atoms with Crippen LogP contribution in [-0.2, 0) is 10.0 Å². The lowest BCUT2D eigenvalue weighted by atomic mass is 9.90. The van der Waals surface area contributed by atoms with Gasteiger partial charge in [-0.1, -0.05) is 48.7 Å². The van der Waals surface area contributed by atoms with Gasteiger partial charge < -0.3 is 4.90 Å². The summed E-state index contributed by atoms with van der Waals surface area (Å²) in [6.45, 7) is 2.07. The summed E-state index contributed by atoms with van der Waals surface area (Å²) < 4.78 is 28.4. The molecule has 5 heteroatoms. The van der Waals surface area contributed by atoms with Crippen molar-refractivity contribution < 1.29 is 8.42 Å². The highest BCUT2D eigenvalue weighted by Gasteiger charge is 2.32. The molecular weight excluding hydrogens is 332 g/mol. The van der Waals surface area contributed by atoms with Crippen LogP contribution in [0.3, 0.4) is 0 Å². The van der Waals surface area contributed by atoms with Crippen LogP contribution in [0.5, 0.6) is 0 Å². The smallest absolute Gasteiger partial charge is 0.240 e. The zero-order valence-electron chi connectivity index (χ0n) is 14.9. The normalized spacial score (nSPS) is 21.0. The lowest BCUT2D eigenvalue weighted by Gasteiger charge is -2.39. The van der Waals surface area contributed by atoms with E-state index in [2.05, 4.69) is 47.9 Å². The van der Waals surface area contributed by atoms with Gasteiger partial charge in [-0.3, -0.25) is 0 Å². The third-order valence-corrected chi connectivity index (χ3v) is 6.53. The summed E-state index contributed by atoms with van der Waals surface area (Å²) in [5.41, 5.74) is 2.35. The summed E-state index contributed by atoms with van der Waals surface area (Å²) in [6, 6.07) is 17.1. The van der Waals surface area contributed by atoms with Crippen LogP contribution in [0.25, 0.3) is 0 Å². The number of sulfonamides is 1. The lowest BCUT2D eigenvalue weighted by Crippen LogP contribution is -2.52. The van der Waals surface area contributed by atoms with E-state index in [1.54, 1.807) is 24.3 Å². The van der Waals surface area contributed by atoms with Crippen LogP contribution in [0.2, 0.25) is 0 Å². The Kier molecular flexibility index (Phi) is 5.45. The quantitative estimate of drug-likeness (QED) is 0.886. The van der Waals surface area contributed by atoms with Crippen molar-refractivity contribution in [2.45, 2.75) is 49.6 Å². The molecule has 0 heterocycles. The van der Waals surface area contributed by atoms with E-state index >= 15 is 0 Å². The molecule has 0 saturated heterocycles. The molecule has 0 bridgehead atoms. The third kappa shape index (κ3) is 4.22. The molecule has 0 aliphatic heterocycles. The molecule has 2 atom stereocenters. The van der Waals surface area contributed by atoms with Crippen LogP contribution < -0.4 is 9.62 Å². The third-order valence-electron chi connectivity index (χ3n) is 5.03. The maximum absolute atomic E-state index is 12.7. The van der Waals surface area contributed by atoms with Gasteiger partial charge in [0.05, 0.1) is 4.90 Å². The van der Waals surface area contributed by atoms with Gasteiger partial charge in [0.15, 0.2) is 0 Å². The molecular formula is C20H26N2O2S. The molecule has 1 fully saturated rings. The van der Waals surface area contributed by atoms with E-state index in [4.69, 9.17) is 0 Å². The molecule has 25 heavy (non-hydrogen) atoms. The first kappa shape index (κ1) is 18.0. The molecule has 0 spiro atoms. The van der Waals surface area contributed by atoms with Crippen molar-refractivity contribution in [2.75, 3.05) is 11.9 Å². The second-order valence-electron chi connectivity index (χ2n) is 6.84. The number of hydrogen-bond acceptors (Lipinski definition) is 3. The SMILES string of the molecule is Cc1ccc(N(C)[C@H]2CCCC[C@@H]2NS(=O)(=O)c2ccccc2)cc1. The highest BCUT2D eigenvalue weighted by atomic mass is 32.2. The van der Waals surface area contributed by atoms with E-state index in [-0.39, 0.29) is 12.1 Å². The molecule has 1 N–H and O–H groups in total. The largest absolute Gasteiger partial charge is 0.370 e. The van der Waals surface area contributed by atoms with Crippen LogP contribution >= 0.6 is 0 Å². The molecule has 0 aromatic heterocycles. The first-order valence-electron chi connectivity index (χ1n) is 8.84. The second-order valence-corrected chi connectivity index (χ2v) is 8.55. The summed E-state index contributed by atoms with van der Waals surface area (Å²) in [6.07, 6.45) is 4.05. The molecule has 0 unspecified atom stereocenters. The average Bonchev–Trinajstić information content (AvgIpc) is 2.63. The molecule has 0 radical (unpaired) electrons. The Labute approximate surface area is 150 Å². The number of rotatable bonds is 5. The average molecular weight is 359 g/mol. The van der Waals surface area contributed by atoms with Crippen LogP contribution in [0.4, 0.5) is 5.69 Å². The van der Waals surface area contributed by atoms with E-state index in [1.807, 2.05) is 6.07 Å². The monoisotopic (exact) mass is 358 g/mol. The predicted molar refractivity (Wildman–Crippen MR) is 102 cm³/mol. The van der Waals surface area contributed by atoms with Crippen molar-refractivity contribution in [3.63, 3.8) is 0 Å². The number of benzene rings is 2. The molecule has 1 saturated carbocycles. The Hall–Kier alpha value is -1.85. The van der Waals surface area contributed by atoms with Crippen LogP contribution in [0.15, 0.2) is 59.5 Å². The Bertz CT molecular complexity index is 788. The van der Waals surface area contributed by atoms with E-state index in [0.717, 1.165) is 31.4 Å². The maximum Gasteiger partial charge on any atom is 0.240 e. The zero-order valence-corrected chi connectivity index (χ0v) is 15.7. The van der Waals surface area contributed by atoms with Crippen molar-refractivity contribution in [3.8, 4) is 0 Å². The summed E-state index contributed by atoms with van der Waals surface area (Å²) in [7, 11) is -1.43. The Morgan fingerprint density at radius 3 is 2.28 bits per heavy atom. The van der Waals surface area contributed by atoms with Crippen molar-refractivity contribution >= 4 is 15.7 Å². The number of likely N-dealkylation sites (N-methyl/N-ethyl adjacent to an activating group) is 1. The fraction of sp³-hybridized carbons (Fsp3) is 0.400. The molecule has 2 aromatic rings. The van der Waals surface area contributed by atoms with E-state index < -0.39 is 10.0 Å². The minimum Gasteiger partial charge on any atom is -0.370 e. The Morgan fingerprint density at radius 1 is 0.960 bits per heavy atom. The molecule has 134 valence electrons. The number of hydrogen-bond donors (Lipinski definition) is 1. The fourth-order valence-electron chi connectivity index (χ4n) is 3.55. The molecule has 1 aliphatic rings. The Morgan fingerprint density at radius 2 is 1.60 bits per heavy atom. The van der Waals surface area contributed by atoms with E-state index in [0.29, 0.717) is 4.90 Å². The van der Waals surface area contributed by atoms with Gasteiger partial charge in [0, 0.05) is 24.8 Å².